The minimum atomic E-state index is 0.502. The molecule has 0 unspecified atom stereocenters. The Kier molecular flexibility index (Phi) is 5.73. The molecule has 2 rings (SSSR count). The summed E-state index contributed by atoms with van der Waals surface area (Å²) in [5.74, 6) is 1.57. The highest BCUT2D eigenvalue weighted by molar-refractivity contribution is 7.98. The predicted molar refractivity (Wildman–Crippen MR) is 82.2 cm³/mol. The Morgan fingerprint density at radius 3 is 2.79 bits per heavy atom. The van der Waals surface area contributed by atoms with E-state index in [2.05, 4.69) is 27.1 Å². The summed E-state index contributed by atoms with van der Waals surface area (Å²) in [6.07, 6.45) is 4.47. The van der Waals surface area contributed by atoms with Crippen molar-refractivity contribution in [1.82, 2.24) is 14.9 Å². The molecule has 4 nitrogen and oxygen atoms in total. The maximum Gasteiger partial charge on any atom is 0.190 e. The lowest BCUT2D eigenvalue weighted by atomic mass is 9.97. The van der Waals surface area contributed by atoms with E-state index in [1.165, 1.54) is 44.2 Å². The van der Waals surface area contributed by atoms with E-state index in [0.29, 0.717) is 5.15 Å². The highest BCUT2D eigenvalue weighted by Crippen LogP contribution is 2.20. The minimum absolute atomic E-state index is 0.502. The van der Waals surface area contributed by atoms with E-state index in [4.69, 9.17) is 11.6 Å². The molecule has 1 fully saturated rings. The monoisotopic (exact) mass is 300 g/mol. The SMILES string of the molecule is CCN1CCC(CNc2cc(Cl)nc(SC)n2)CC1. The number of halogens is 1. The van der Waals surface area contributed by atoms with Gasteiger partial charge in [-0.2, -0.15) is 0 Å². The first kappa shape index (κ1) is 14.9. The maximum atomic E-state index is 5.98. The molecule has 0 bridgehead atoms. The Hall–Kier alpha value is -0.520. The zero-order valence-corrected chi connectivity index (χ0v) is 13.1. The molecule has 2 heterocycles. The number of hydrogen-bond donors (Lipinski definition) is 1. The van der Waals surface area contributed by atoms with Crippen LogP contribution in [0.5, 0.6) is 0 Å². The molecule has 1 N–H and O–H groups in total. The van der Waals surface area contributed by atoms with E-state index in [1.54, 1.807) is 6.07 Å². The molecule has 6 heteroatoms. The smallest absolute Gasteiger partial charge is 0.190 e. The third-order valence-electron chi connectivity index (χ3n) is 3.58. The van der Waals surface area contributed by atoms with Gasteiger partial charge in [-0.25, -0.2) is 9.97 Å². The van der Waals surface area contributed by atoms with E-state index in [9.17, 15) is 0 Å². The number of likely N-dealkylation sites (tertiary alicyclic amines) is 1. The molecule has 0 atom stereocenters. The fraction of sp³-hybridized carbons (Fsp3) is 0.692. The van der Waals surface area contributed by atoms with E-state index in [0.717, 1.165) is 23.4 Å². The van der Waals surface area contributed by atoms with Crippen LogP contribution in [0.15, 0.2) is 11.2 Å². The van der Waals surface area contributed by atoms with Gasteiger partial charge in [-0.1, -0.05) is 30.3 Å². The lowest BCUT2D eigenvalue weighted by Crippen LogP contribution is -2.35. The Morgan fingerprint density at radius 1 is 1.42 bits per heavy atom. The summed E-state index contributed by atoms with van der Waals surface area (Å²) in [4.78, 5) is 11.1. The number of thioether (sulfide) groups is 1. The van der Waals surface area contributed by atoms with Gasteiger partial charge in [0, 0.05) is 12.6 Å². The number of nitrogens with zero attached hydrogens (tertiary/aromatic N) is 3. The van der Waals surface area contributed by atoms with Crippen LogP contribution in [0, 0.1) is 5.92 Å². The first-order valence-corrected chi connectivity index (χ1v) is 8.36. The van der Waals surface area contributed by atoms with Gasteiger partial charge in [0.1, 0.15) is 11.0 Å². The van der Waals surface area contributed by atoms with Crippen LogP contribution in [0.4, 0.5) is 5.82 Å². The van der Waals surface area contributed by atoms with Crippen LogP contribution < -0.4 is 5.32 Å². The summed E-state index contributed by atoms with van der Waals surface area (Å²) in [6, 6.07) is 1.79. The number of anilines is 1. The van der Waals surface area contributed by atoms with Crippen LogP contribution in [0.2, 0.25) is 5.15 Å². The van der Waals surface area contributed by atoms with Crippen molar-refractivity contribution in [2.24, 2.45) is 5.92 Å². The van der Waals surface area contributed by atoms with Crippen molar-refractivity contribution >= 4 is 29.2 Å². The van der Waals surface area contributed by atoms with Crippen LogP contribution in [0.3, 0.4) is 0 Å². The summed E-state index contributed by atoms with van der Waals surface area (Å²) in [6.45, 7) is 6.79. The van der Waals surface area contributed by atoms with Gasteiger partial charge in [0.15, 0.2) is 5.16 Å². The predicted octanol–water partition coefficient (Wildman–Crippen LogP) is 3.00. The topological polar surface area (TPSA) is 41.0 Å². The Bertz CT molecular complexity index is 408. The van der Waals surface area contributed by atoms with Gasteiger partial charge in [-0.3, -0.25) is 0 Å². The van der Waals surface area contributed by atoms with Crippen molar-refractivity contribution in [3.63, 3.8) is 0 Å². The number of rotatable bonds is 5. The van der Waals surface area contributed by atoms with Crippen molar-refractivity contribution in [3.05, 3.63) is 11.2 Å². The van der Waals surface area contributed by atoms with Crippen LogP contribution in [-0.2, 0) is 0 Å². The lowest BCUT2D eigenvalue weighted by Gasteiger charge is -2.31. The Morgan fingerprint density at radius 2 is 2.16 bits per heavy atom. The second-order valence-corrected chi connectivity index (χ2v) is 5.98. The molecular weight excluding hydrogens is 280 g/mol. The van der Waals surface area contributed by atoms with E-state index < -0.39 is 0 Å². The second-order valence-electron chi connectivity index (χ2n) is 4.82. The molecule has 1 saturated heterocycles. The normalized spacial score (nSPS) is 17.6. The lowest BCUT2D eigenvalue weighted by molar-refractivity contribution is 0.198. The third-order valence-corrected chi connectivity index (χ3v) is 4.32. The summed E-state index contributed by atoms with van der Waals surface area (Å²) < 4.78 is 0. The van der Waals surface area contributed by atoms with Gasteiger partial charge in [-0.15, -0.1) is 0 Å². The molecular formula is C13H21ClN4S. The average molecular weight is 301 g/mol. The van der Waals surface area contributed by atoms with Crippen molar-refractivity contribution in [3.8, 4) is 0 Å². The van der Waals surface area contributed by atoms with E-state index >= 15 is 0 Å². The molecule has 0 spiro atoms. The Labute approximate surface area is 124 Å². The standard InChI is InChI=1S/C13H21ClN4S/c1-3-18-6-4-10(5-7-18)9-15-12-8-11(14)16-13(17-12)19-2/h8,10H,3-7,9H2,1-2H3,(H,15,16,17). The highest BCUT2D eigenvalue weighted by atomic mass is 35.5. The molecule has 1 aromatic heterocycles. The minimum Gasteiger partial charge on any atom is -0.370 e. The van der Waals surface area contributed by atoms with E-state index in [1.807, 2.05) is 6.26 Å². The van der Waals surface area contributed by atoms with Crippen LogP contribution in [0.25, 0.3) is 0 Å². The number of piperidine rings is 1. The van der Waals surface area contributed by atoms with Crippen LogP contribution >= 0.6 is 23.4 Å². The number of hydrogen-bond acceptors (Lipinski definition) is 5. The molecule has 0 saturated carbocycles. The van der Waals surface area contributed by atoms with E-state index in [-0.39, 0.29) is 0 Å². The maximum absolute atomic E-state index is 5.98. The fourth-order valence-electron chi connectivity index (χ4n) is 2.33. The number of nitrogens with one attached hydrogen (secondary N) is 1. The first-order chi connectivity index (χ1) is 9.21. The largest absolute Gasteiger partial charge is 0.370 e. The summed E-state index contributed by atoms with van der Waals surface area (Å²) >= 11 is 7.49. The summed E-state index contributed by atoms with van der Waals surface area (Å²) in [5.41, 5.74) is 0. The van der Waals surface area contributed by atoms with Crippen LogP contribution in [0.1, 0.15) is 19.8 Å². The molecule has 1 aliphatic heterocycles. The van der Waals surface area contributed by atoms with Crippen molar-refractivity contribution in [2.45, 2.75) is 24.9 Å². The van der Waals surface area contributed by atoms with Gasteiger partial charge < -0.3 is 10.2 Å². The van der Waals surface area contributed by atoms with Gasteiger partial charge in [0.25, 0.3) is 0 Å². The quantitative estimate of drug-likeness (QED) is 0.514. The van der Waals surface area contributed by atoms with Gasteiger partial charge in [-0.05, 0) is 44.6 Å². The van der Waals surface area contributed by atoms with Gasteiger partial charge in [0.2, 0.25) is 0 Å². The van der Waals surface area contributed by atoms with Crippen molar-refractivity contribution < 1.29 is 0 Å². The molecule has 0 amide bonds. The van der Waals surface area contributed by atoms with Crippen molar-refractivity contribution in [1.29, 1.82) is 0 Å². The second kappa shape index (κ2) is 7.31. The molecule has 0 aliphatic carbocycles. The Balaban J connectivity index is 1.84. The molecule has 106 valence electrons. The average Bonchev–Trinajstić information content (AvgIpc) is 2.45. The van der Waals surface area contributed by atoms with Gasteiger partial charge in [0.05, 0.1) is 0 Å². The van der Waals surface area contributed by atoms with Gasteiger partial charge >= 0.3 is 0 Å². The fourth-order valence-corrected chi connectivity index (χ4v) is 2.95. The zero-order valence-electron chi connectivity index (χ0n) is 11.5. The highest BCUT2D eigenvalue weighted by Gasteiger charge is 2.17. The van der Waals surface area contributed by atoms with Crippen molar-refractivity contribution in [2.75, 3.05) is 37.8 Å². The first-order valence-electron chi connectivity index (χ1n) is 6.76. The van der Waals surface area contributed by atoms with Crippen LogP contribution in [-0.4, -0.2) is 47.3 Å². The summed E-state index contributed by atoms with van der Waals surface area (Å²) in [5, 5.41) is 4.62. The number of aromatic nitrogens is 2. The summed E-state index contributed by atoms with van der Waals surface area (Å²) in [7, 11) is 0. The third kappa shape index (κ3) is 4.51. The molecule has 0 radical (unpaired) electrons. The molecule has 0 aromatic carbocycles. The zero-order chi connectivity index (χ0) is 13.7. The molecule has 1 aromatic rings. The molecule has 19 heavy (non-hydrogen) atoms. The molecule has 1 aliphatic rings.